The van der Waals surface area contributed by atoms with Gasteiger partial charge in [0.05, 0.1) is 19.0 Å². The summed E-state index contributed by atoms with van der Waals surface area (Å²) >= 11 is 0. The average Bonchev–Trinajstić information content (AvgIpc) is 2.61. The van der Waals surface area contributed by atoms with E-state index in [-0.39, 0.29) is 11.6 Å². The summed E-state index contributed by atoms with van der Waals surface area (Å²) in [6, 6.07) is 7.21. The van der Waals surface area contributed by atoms with Gasteiger partial charge in [-0.15, -0.1) is 0 Å². The fourth-order valence-corrected chi connectivity index (χ4v) is 2.12. The molecule has 0 bridgehead atoms. The maximum absolute atomic E-state index is 12.2. The molecule has 0 atom stereocenters. The molecule has 0 aliphatic rings. The van der Waals surface area contributed by atoms with Crippen LogP contribution in [0.5, 0.6) is 5.75 Å². The number of hydrogen-bond acceptors (Lipinski definition) is 5. The van der Waals surface area contributed by atoms with E-state index >= 15 is 0 Å². The van der Waals surface area contributed by atoms with E-state index < -0.39 is 0 Å². The van der Waals surface area contributed by atoms with Gasteiger partial charge in [0.25, 0.3) is 5.91 Å². The number of carbonyl (C=O) groups excluding carboxylic acids is 1. The number of rotatable bonds is 9. The fourth-order valence-electron chi connectivity index (χ4n) is 2.12. The first-order chi connectivity index (χ1) is 11.7. The molecule has 0 saturated heterocycles. The first-order valence-electron chi connectivity index (χ1n) is 8.33. The molecule has 6 nitrogen and oxygen atoms in total. The Kier molecular flexibility index (Phi) is 7.01. The van der Waals surface area contributed by atoms with Crippen molar-refractivity contribution in [3.63, 3.8) is 0 Å². The number of ether oxygens (including phenoxy) is 1. The van der Waals surface area contributed by atoms with Crippen LogP contribution in [0.3, 0.4) is 0 Å². The summed E-state index contributed by atoms with van der Waals surface area (Å²) in [5.74, 6) is 1.17. The fraction of sp³-hybridized carbons (Fsp3) is 0.389. The molecule has 0 fully saturated rings. The number of carbonyl (C=O) groups is 1. The van der Waals surface area contributed by atoms with E-state index in [0.29, 0.717) is 18.1 Å². The molecule has 2 aromatic rings. The van der Waals surface area contributed by atoms with Gasteiger partial charge in [-0.3, -0.25) is 4.79 Å². The molecule has 0 saturated carbocycles. The highest BCUT2D eigenvalue weighted by molar-refractivity contribution is 6.02. The molecule has 1 heterocycles. The number of unbranched alkanes of at least 4 members (excludes halogenated alkanes) is 2. The van der Waals surface area contributed by atoms with Gasteiger partial charge < -0.3 is 15.4 Å². The van der Waals surface area contributed by atoms with Gasteiger partial charge in [-0.1, -0.05) is 19.8 Å². The number of nitrogens with zero attached hydrogens (tertiary/aromatic N) is 2. The summed E-state index contributed by atoms with van der Waals surface area (Å²) in [6.07, 6.45) is 6.52. The molecule has 1 aromatic heterocycles. The molecular formula is C18H24N4O2. The summed E-state index contributed by atoms with van der Waals surface area (Å²) in [5, 5.41) is 5.98. The van der Waals surface area contributed by atoms with Crippen LogP contribution in [0, 0.1) is 0 Å². The van der Waals surface area contributed by atoms with Gasteiger partial charge in [-0.25, -0.2) is 9.97 Å². The van der Waals surface area contributed by atoms with Crippen LogP contribution in [0.15, 0.2) is 36.7 Å². The van der Waals surface area contributed by atoms with Gasteiger partial charge in [0.15, 0.2) is 0 Å². The molecule has 0 unspecified atom stereocenters. The summed E-state index contributed by atoms with van der Waals surface area (Å²) in [6.45, 7) is 5.56. The predicted octanol–water partition coefficient (Wildman–Crippen LogP) is 3.73. The third kappa shape index (κ3) is 5.53. The number of anilines is 2. The highest BCUT2D eigenvalue weighted by Gasteiger charge is 2.08. The first kappa shape index (κ1) is 17.7. The van der Waals surface area contributed by atoms with Crippen molar-refractivity contribution in [1.29, 1.82) is 0 Å². The van der Waals surface area contributed by atoms with Crippen molar-refractivity contribution in [3.05, 3.63) is 42.4 Å². The smallest absolute Gasteiger partial charge is 0.275 e. The Morgan fingerprint density at radius 1 is 1.08 bits per heavy atom. The third-order valence-electron chi connectivity index (χ3n) is 3.39. The van der Waals surface area contributed by atoms with Crippen LogP contribution in [0.25, 0.3) is 0 Å². The Morgan fingerprint density at radius 2 is 1.88 bits per heavy atom. The third-order valence-corrected chi connectivity index (χ3v) is 3.39. The molecule has 6 heteroatoms. The predicted molar refractivity (Wildman–Crippen MR) is 95.6 cm³/mol. The van der Waals surface area contributed by atoms with Crippen LogP contribution in [-0.4, -0.2) is 29.0 Å². The summed E-state index contributed by atoms with van der Waals surface area (Å²) in [4.78, 5) is 20.6. The number of nitrogens with one attached hydrogen (secondary N) is 2. The number of amides is 1. The molecular weight excluding hydrogens is 304 g/mol. The first-order valence-corrected chi connectivity index (χ1v) is 8.33. The van der Waals surface area contributed by atoms with Gasteiger partial charge in [0.1, 0.15) is 17.3 Å². The molecule has 2 N–H and O–H groups in total. The van der Waals surface area contributed by atoms with Crippen LogP contribution in [-0.2, 0) is 0 Å². The van der Waals surface area contributed by atoms with Crippen molar-refractivity contribution in [2.24, 2.45) is 0 Å². The molecule has 0 spiro atoms. The number of benzene rings is 1. The molecule has 0 radical (unpaired) electrons. The van der Waals surface area contributed by atoms with Gasteiger partial charge in [0, 0.05) is 12.2 Å². The quantitative estimate of drug-likeness (QED) is 0.686. The van der Waals surface area contributed by atoms with Crippen LogP contribution in [0.2, 0.25) is 0 Å². The maximum atomic E-state index is 12.2. The molecule has 24 heavy (non-hydrogen) atoms. The summed E-state index contributed by atoms with van der Waals surface area (Å²) in [7, 11) is 0. The monoisotopic (exact) mass is 328 g/mol. The molecule has 1 aromatic carbocycles. The molecule has 1 amide bonds. The minimum Gasteiger partial charge on any atom is -0.494 e. The SMILES string of the molecule is CCCCCNc1cnc(C(=O)Nc2ccc(OCC)cc2)cn1. The summed E-state index contributed by atoms with van der Waals surface area (Å²) in [5.41, 5.74) is 0.968. The Labute approximate surface area is 142 Å². The Balaban J connectivity index is 1.87. The molecule has 128 valence electrons. The topological polar surface area (TPSA) is 76.1 Å². The Hall–Kier alpha value is -2.63. The normalized spacial score (nSPS) is 10.2. The second kappa shape index (κ2) is 9.50. The Bertz CT molecular complexity index is 626. The van der Waals surface area contributed by atoms with E-state index in [4.69, 9.17) is 4.74 Å². The van der Waals surface area contributed by atoms with Gasteiger partial charge in [-0.2, -0.15) is 0 Å². The largest absolute Gasteiger partial charge is 0.494 e. The maximum Gasteiger partial charge on any atom is 0.275 e. The zero-order valence-corrected chi connectivity index (χ0v) is 14.2. The van der Waals surface area contributed by atoms with Crippen LogP contribution < -0.4 is 15.4 Å². The van der Waals surface area contributed by atoms with E-state index in [9.17, 15) is 4.79 Å². The van der Waals surface area contributed by atoms with Crippen molar-refractivity contribution < 1.29 is 9.53 Å². The highest BCUT2D eigenvalue weighted by atomic mass is 16.5. The minimum atomic E-state index is -0.288. The summed E-state index contributed by atoms with van der Waals surface area (Å²) < 4.78 is 5.37. The van der Waals surface area contributed by atoms with Crippen LogP contribution in [0.1, 0.15) is 43.6 Å². The lowest BCUT2D eigenvalue weighted by molar-refractivity contribution is 0.102. The zero-order valence-electron chi connectivity index (χ0n) is 14.2. The van der Waals surface area contributed by atoms with E-state index in [1.54, 1.807) is 18.3 Å². The lowest BCUT2D eigenvalue weighted by Gasteiger charge is -2.08. The van der Waals surface area contributed by atoms with E-state index in [0.717, 1.165) is 18.7 Å². The standard InChI is InChI=1S/C18H24N4O2/c1-3-5-6-11-19-17-13-20-16(12-21-17)18(23)22-14-7-9-15(10-8-14)24-4-2/h7-10,12-13H,3-6,11H2,1-2H3,(H,19,21)(H,22,23). The van der Waals surface area contributed by atoms with E-state index in [1.165, 1.54) is 19.0 Å². The van der Waals surface area contributed by atoms with Crippen molar-refractivity contribution in [2.75, 3.05) is 23.8 Å². The van der Waals surface area contributed by atoms with Crippen molar-refractivity contribution in [3.8, 4) is 5.75 Å². The van der Waals surface area contributed by atoms with Crippen molar-refractivity contribution >= 4 is 17.4 Å². The second-order valence-corrected chi connectivity index (χ2v) is 5.33. The zero-order chi connectivity index (χ0) is 17.2. The van der Waals surface area contributed by atoms with Crippen LogP contribution in [0.4, 0.5) is 11.5 Å². The van der Waals surface area contributed by atoms with E-state index in [1.807, 2.05) is 19.1 Å². The average molecular weight is 328 g/mol. The van der Waals surface area contributed by atoms with Gasteiger partial charge in [0.2, 0.25) is 0 Å². The lowest BCUT2D eigenvalue weighted by Crippen LogP contribution is -2.14. The Morgan fingerprint density at radius 3 is 2.50 bits per heavy atom. The van der Waals surface area contributed by atoms with Crippen molar-refractivity contribution in [2.45, 2.75) is 33.1 Å². The minimum absolute atomic E-state index is 0.281. The molecule has 0 aliphatic heterocycles. The van der Waals surface area contributed by atoms with Gasteiger partial charge in [-0.05, 0) is 37.6 Å². The molecule has 0 aliphatic carbocycles. The number of hydrogen-bond donors (Lipinski definition) is 2. The van der Waals surface area contributed by atoms with E-state index in [2.05, 4.69) is 27.5 Å². The molecule has 2 rings (SSSR count). The van der Waals surface area contributed by atoms with Crippen LogP contribution >= 0.6 is 0 Å². The highest BCUT2D eigenvalue weighted by Crippen LogP contribution is 2.16. The lowest BCUT2D eigenvalue weighted by atomic mass is 10.2. The van der Waals surface area contributed by atoms with Gasteiger partial charge >= 0.3 is 0 Å². The van der Waals surface area contributed by atoms with Crippen molar-refractivity contribution in [1.82, 2.24) is 9.97 Å². The number of aromatic nitrogens is 2. The second-order valence-electron chi connectivity index (χ2n) is 5.33.